The summed E-state index contributed by atoms with van der Waals surface area (Å²) in [6.45, 7) is 2.26. The Morgan fingerprint density at radius 2 is 1.81 bits per heavy atom. The molecular weight excluding hydrogens is 432 g/mol. The van der Waals surface area contributed by atoms with Crippen molar-refractivity contribution in [3.05, 3.63) is 70.1 Å². The van der Waals surface area contributed by atoms with Crippen LogP contribution in [0.3, 0.4) is 0 Å². The molecule has 0 aliphatic rings. The zero-order chi connectivity index (χ0) is 22.9. The minimum Gasteiger partial charge on any atom is -0.307 e. The summed E-state index contributed by atoms with van der Waals surface area (Å²) in [5.41, 5.74) is 5.38. The van der Waals surface area contributed by atoms with Gasteiger partial charge in [-0.25, -0.2) is 19.7 Å². The molecule has 3 aromatic rings. The summed E-state index contributed by atoms with van der Waals surface area (Å²) in [7, 11) is 0. The normalized spacial score (nSPS) is 10.6. The smallest absolute Gasteiger partial charge is 0.307 e. The molecule has 3 N–H and O–H groups in total. The molecule has 10 heteroatoms. The topological polar surface area (TPSA) is 110 Å². The van der Waals surface area contributed by atoms with Crippen molar-refractivity contribution in [2.24, 2.45) is 0 Å². The van der Waals surface area contributed by atoms with Gasteiger partial charge in [0.2, 0.25) is 0 Å². The molecule has 168 valence electrons. The number of rotatable bonds is 8. The maximum absolute atomic E-state index is 12.9. The number of anilines is 1. The quantitative estimate of drug-likeness (QED) is 0.356. The SMILES string of the molecule is CCCCCn1nc(-c2ccccc2)n(CC(=O)NNC(=O)Nc2cccc(Cl)c2)c1=O. The molecule has 3 rings (SSSR count). The van der Waals surface area contributed by atoms with Crippen molar-refractivity contribution < 1.29 is 9.59 Å². The summed E-state index contributed by atoms with van der Waals surface area (Å²) < 4.78 is 2.68. The van der Waals surface area contributed by atoms with Crippen LogP contribution in [0.2, 0.25) is 5.02 Å². The third-order valence-corrected chi connectivity index (χ3v) is 4.86. The standard InChI is InChI=1S/C22H25ClN6O3/c1-2-3-7-13-29-22(32)28(20(27-29)16-9-5-4-6-10-16)15-19(30)25-26-21(31)24-18-12-8-11-17(23)14-18/h4-6,8-12,14H,2-3,7,13,15H2,1H3,(H,25,30)(H2,24,26,31). The molecule has 1 heterocycles. The van der Waals surface area contributed by atoms with Crippen LogP contribution in [0.25, 0.3) is 11.4 Å². The summed E-state index contributed by atoms with van der Waals surface area (Å²) in [5, 5.41) is 7.46. The van der Waals surface area contributed by atoms with Gasteiger partial charge in [-0.15, -0.1) is 5.10 Å². The number of urea groups is 1. The van der Waals surface area contributed by atoms with Gasteiger partial charge >= 0.3 is 11.7 Å². The third-order valence-electron chi connectivity index (χ3n) is 4.63. The Kier molecular flexibility index (Phi) is 8.04. The second-order valence-electron chi connectivity index (χ2n) is 7.13. The highest BCUT2D eigenvalue weighted by atomic mass is 35.5. The Morgan fingerprint density at radius 1 is 1.03 bits per heavy atom. The Labute approximate surface area is 190 Å². The predicted octanol–water partition coefficient (Wildman–Crippen LogP) is 3.41. The lowest BCUT2D eigenvalue weighted by Gasteiger charge is -2.10. The molecule has 0 saturated carbocycles. The lowest BCUT2D eigenvalue weighted by molar-refractivity contribution is -0.122. The number of aromatic nitrogens is 3. The number of carbonyl (C=O) groups is 2. The van der Waals surface area contributed by atoms with Gasteiger partial charge in [-0.1, -0.05) is 67.8 Å². The summed E-state index contributed by atoms with van der Waals surface area (Å²) in [6.07, 6.45) is 2.82. The number of hydrogen-bond donors (Lipinski definition) is 3. The highest BCUT2D eigenvalue weighted by molar-refractivity contribution is 6.30. The Balaban J connectivity index is 1.68. The first-order valence-corrected chi connectivity index (χ1v) is 10.7. The van der Waals surface area contributed by atoms with Crippen LogP contribution in [0.4, 0.5) is 10.5 Å². The summed E-state index contributed by atoms with van der Waals surface area (Å²) in [6, 6.07) is 15.1. The van der Waals surface area contributed by atoms with E-state index in [0.717, 1.165) is 24.8 Å². The van der Waals surface area contributed by atoms with Crippen LogP contribution >= 0.6 is 11.6 Å². The maximum atomic E-state index is 12.9. The van der Waals surface area contributed by atoms with Crippen molar-refractivity contribution in [1.29, 1.82) is 0 Å². The number of hydrogen-bond acceptors (Lipinski definition) is 4. The highest BCUT2D eigenvalue weighted by Gasteiger charge is 2.17. The molecule has 0 aliphatic carbocycles. The molecule has 0 unspecified atom stereocenters. The van der Waals surface area contributed by atoms with Crippen molar-refractivity contribution in [3.63, 3.8) is 0 Å². The molecule has 1 aromatic heterocycles. The number of unbranched alkanes of at least 4 members (excludes halogenated alkanes) is 2. The van der Waals surface area contributed by atoms with E-state index in [-0.39, 0.29) is 12.2 Å². The number of aryl methyl sites for hydroxylation is 1. The molecule has 0 fully saturated rings. The Bertz CT molecular complexity index is 1130. The second kappa shape index (κ2) is 11.1. The van der Waals surface area contributed by atoms with E-state index in [1.54, 1.807) is 24.3 Å². The molecule has 3 amide bonds. The molecule has 32 heavy (non-hydrogen) atoms. The number of benzene rings is 2. The third kappa shape index (κ3) is 6.21. The van der Waals surface area contributed by atoms with Crippen LogP contribution in [0.15, 0.2) is 59.4 Å². The molecule has 0 spiro atoms. The van der Waals surface area contributed by atoms with Crippen molar-refractivity contribution in [2.45, 2.75) is 39.3 Å². The first-order chi connectivity index (χ1) is 15.5. The Hall–Kier alpha value is -3.59. The molecule has 0 aliphatic heterocycles. The molecule has 0 saturated heterocycles. The van der Waals surface area contributed by atoms with E-state index in [2.05, 4.69) is 28.2 Å². The van der Waals surface area contributed by atoms with Gasteiger partial charge in [0.15, 0.2) is 5.82 Å². The van der Waals surface area contributed by atoms with E-state index in [1.807, 2.05) is 30.3 Å². The van der Waals surface area contributed by atoms with Gasteiger partial charge in [0.25, 0.3) is 5.91 Å². The molecule has 0 bridgehead atoms. The van der Waals surface area contributed by atoms with Crippen LogP contribution in [0.1, 0.15) is 26.2 Å². The fourth-order valence-electron chi connectivity index (χ4n) is 3.08. The fourth-order valence-corrected chi connectivity index (χ4v) is 3.27. The number of halogens is 1. The van der Waals surface area contributed by atoms with Gasteiger partial charge in [0.05, 0.1) is 0 Å². The largest absolute Gasteiger partial charge is 0.346 e. The van der Waals surface area contributed by atoms with E-state index < -0.39 is 11.9 Å². The van der Waals surface area contributed by atoms with E-state index in [0.29, 0.717) is 23.1 Å². The average Bonchev–Trinajstić information content (AvgIpc) is 3.08. The maximum Gasteiger partial charge on any atom is 0.346 e. The zero-order valence-corrected chi connectivity index (χ0v) is 18.4. The van der Waals surface area contributed by atoms with Gasteiger partial charge in [0, 0.05) is 22.8 Å². The van der Waals surface area contributed by atoms with Gasteiger partial charge in [-0.05, 0) is 24.6 Å². The van der Waals surface area contributed by atoms with E-state index in [9.17, 15) is 14.4 Å². The van der Waals surface area contributed by atoms with Gasteiger partial charge in [-0.2, -0.15) is 0 Å². The first kappa shape index (κ1) is 23.1. The van der Waals surface area contributed by atoms with E-state index >= 15 is 0 Å². The van der Waals surface area contributed by atoms with Crippen molar-refractivity contribution in [3.8, 4) is 11.4 Å². The second-order valence-corrected chi connectivity index (χ2v) is 7.56. The lowest BCUT2D eigenvalue weighted by atomic mass is 10.2. The number of amides is 3. The van der Waals surface area contributed by atoms with E-state index in [4.69, 9.17) is 11.6 Å². The number of carbonyl (C=O) groups excluding carboxylic acids is 2. The van der Waals surface area contributed by atoms with Crippen LogP contribution in [-0.4, -0.2) is 26.3 Å². The van der Waals surface area contributed by atoms with Crippen LogP contribution in [-0.2, 0) is 17.9 Å². The van der Waals surface area contributed by atoms with Crippen LogP contribution in [0, 0.1) is 0 Å². The lowest BCUT2D eigenvalue weighted by Crippen LogP contribution is -2.46. The fraction of sp³-hybridized carbons (Fsp3) is 0.273. The van der Waals surface area contributed by atoms with Crippen molar-refractivity contribution in [2.75, 3.05) is 5.32 Å². The summed E-state index contributed by atoms with van der Waals surface area (Å²) >= 11 is 5.89. The molecule has 0 radical (unpaired) electrons. The van der Waals surface area contributed by atoms with Gasteiger partial charge < -0.3 is 5.32 Å². The Morgan fingerprint density at radius 3 is 2.53 bits per heavy atom. The minimum absolute atomic E-state index is 0.297. The predicted molar refractivity (Wildman–Crippen MR) is 123 cm³/mol. The zero-order valence-electron chi connectivity index (χ0n) is 17.7. The molecular formula is C22H25ClN6O3. The van der Waals surface area contributed by atoms with Crippen LogP contribution in [0.5, 0.6) is 0 Å². The van der Waals surface area contributed by atoms with Gasteiger partial charge in [-0.3, -0.25) is 14.8 Å². The number of hydrazine groups is 1. The summed E-state index contributed by atoms with van der Waals surface area (Å²) in [5.74, 6) is -0.177. The highest BCUT2D eigenvalue weighted by Crippen LogP contribution is 2.16. The number of nitrogens with one attached hydrogen (secondary N) is 3. The minimum atomic E-state index is -0.647. The van der Waals surface area contributed by atoms with Gasteiger partial charge in [0.1, 0.15) is 6.54 Å². The monoisotopic (exact) mass is 456 g/mol. The number of nitrogens with zero attached hydrogens (tertiary/aromatic N) is 3. The van der Waals surface area contributed by atoms with Crippen LogP contribution < -0.4 is 21.9 Å². The molecule has 2 aromatic carbocycles. The average molecular weight is 457 g/mol. The van der Waals surface area contributed by atoms with E-state index in [1.165, 1.54) is 9.25 Å². The van der Waals surface area contributed by atoms with Crippen molar-refractivity contribution in [1.82, 2.24) is 25.2 Å². The summed E-state index contributed by atoms with van der Waals surface area (Å²) in [4.78, 5) is 37.4. The first-order valence-electron chi connectivity index (χ1n) is 10.3. The van der Waals surface area contributed by atoms with Crippen molar-refractivity contribution >= 4 is 29.2 Å². The molecule has 9 nitrogen and oxygen atoms in total. The molecule has 0 atom stereocenters.